The lowest BCUT2D eigenvalue weighted by molar-refractivity contribution is 0.414. The molecule has 96 valence electrons. The molecule has 0 amide bonds. The second-order valence-electron chi connectivity index (χ2n) is 4.22. The number of hydrogen-bond donors (Lipinski definition) is 0. The van der Waals surface area contributed by atoms with E-state index in [0.717, 1.165) is 23.3 Å². The fourth-order valence-corrected chi connectivity index (χ4v) is 2.14. The zero-order valence-electron chi connectivity index (χ0n) is 10.4. The molecule has 0 N–H and O–H groups in total. The van der Waals surface area contributed by atoms with Gasteiger partial charge in [0, 0.05) is 12.6 Å². The summed E-state index contributed by atoms with van der Waals surface area (Å²) in [5.74, 6) is 0.854. The molecule has 19 heavy (non-hydrogen) atoms. The van der Waals surface area contributed by atoms with Crippen molar-refractivity contribution in [2.45, 2.75) is 6.54 Å². The maximum Gasteiger partial charge on any atom is 0.131 e. The van der Waals surface area contributed by atoms with Crippen LogP contribution < -0.4 is 4.74 Å². The van der Waals surface area contributed by atoms with Crippen molar-refractivity contribution in [1.29, 1.82) is 0 Å². The summed E-state index contributed by atoms with van der Waals surface area (Å²) in [6.45, 7) is 0.740. The molecule has 0 aliphatic heterocycles. The summed E-state index contributed by atoms with van der Waals surface area (Å²) >= 11 is 5.85. The lowest BCUT2D eigenvalue weighted by atomic mass is 10.2. The van der Waals surface area contributed by atoms with Gasteiger partial charge in [-0.25, -0.2) is 9.97 Å². The highest BCUT2D eigenvalue weighted by molar-refractivity contribution is 6.29. The van der Waals surface area contributed by atoms with E-state index in [4.69, 9.17) is 16.3 Å². The van der Waals surface area contributed by atoms with Crippen LogP contribution in [0.3, 0.4) is 0 Å². The maximum absolute atomic E-state index is 5.85. The first-order valence-electron chi connectivity index (χ1n) is 5.85. The van der Waals surface area contributed by atoms with Gasteiger partial charge in [0.1, 0.15) is 10.9 Å². The van der Waals surface area contributed by atoms with Gasteiger partial charge in [-0.3, -0.25) is 0 Å². The average molecular weight is 274 g/mol. The van der Waals surface area contributed by atoms with E-state index in [1.54, 1.807) is 25.7 Å². The van der Waals surface area contributed by atoms with Gasteiger partial charge in [0.25, 0.3) is 0 Å². The van der Waals surface area contributed by atoms with Crippen LogP contribution in [0.1, 0.15) is 5.56 Å². The average Bonchev–Trinajstić information content (AvgIpc) is 2.82. The predicted octanol–water partition coefficient (Wildman–Crippen LogP) is 3.14. The van der Waals surface area contributed by atoms with Crippen LogP contribution in [0.25, 0.3) is 11.0 Å². The third kappa shape index (κ3) is 2.39. The zero-order chi connectivity index (χ0) is 13.2. The molecule has 0 radical (unpaired) electrons. The Bertz CT molecular complexity index is 706. The quantitative estimate of drug-likeness (QED) is 0.688. The summed E-state index contributed by atoms with van der Waals surface area (Å²) in [5.41, 5.74) is 3.00. The highest BCUT2D eigenvalue weighted by atomic mass is 35.5. The summed E-state index contributed by atoms with van der Waals surface area (Å²) in [5, 5.41) is 0.460. The molecule has 0 aliphatic carbocycles. The highest BCUT2D eigenvalue weighted by Crippen LogP contribution is 2.18. The van der Waals surface area contributed by atoms with Crippen molar-refractivity contribution < 1.29 is 4.74 Å². The summed E-state index contributed by atoms with van der Waals surface area (Å²) in [6, 6.07) is 9.73. The number of rotatable bonds is 3. The first-order chi connectivity index (χ1) is 9.26. The lowest BCUT2D eigenvalue weighted by Crippen LogP contribution is -1.98. The first-order valence-corrected chi connectivity index (χ1v) is 6.23. The molecule has 0 fully saturated rings. The second kappa shape index (κ2) is 4.90. The summed E-state index contributed by atoms with van der Waals surface area (Å²) in [4.78, 5) is 8.42. The van der Waals surface area contributed by atoms with Gasteiger partial charge >= 0.3 is 0 Å². The SMILES string of the molecule is COc1ccc(Cn2cnc3cc(Cl)ncc32)cc1. The van der Waals surface area contributed by atoms with E-state index in [1.165, 1.54) is 5.56 Å². The molecule has 0 saturated heterocycles. The van der Waals surface area contributed by atoms with Crippen molar-refractivity contribution in [3.05, 3.63) is 53.6 Å². The monoisotopic (exact) mass is 273 g/mol. The minimum absolute atomic E-state index is 0.460. The highest BCUT2D eigenvalue weighted by Gasteiger charge is 2.04. The summed E-state index contributed by atoms with van der Waals surface area (Å²) in [6.07, 6.45) is 3.54. The van der Waals surface area contributed by atoms with Crippen molar-refractivity contribution in [1.82, 2.24) is 14.5 Å². The molecule has 4 nitrogen and oxygen atoms in total. The van der Waals surface area contributed by atoms with Crippen LogP contribution in [0.5, 0.6) is 5.75 Å². The Labute approximate surface area is 115 Å². The van der Waals surface area contributed by atoms with Crippen LogP contribution >= 0.6 is 11.6 Å². The molecule has 2 aromatic heterocycles. The molecule has 0 bridgehead atoms. The Morgan fingerprint density at radius 2 is 2.00 bits per heavy atom. The minimum Gasteiger partial charge on any atom is -0.497 e. The minimum atomic E-state index is 0.460. The van der Waals surface area contributed by atoms with Gasteiger partial charge in [0.15, 0.2) is 0 Å². The van der Waals surface area contributed by atoms with E-state index >= 15 is 0 Å². The molecule has 0 saturated carbocycles. The van der Waals surface area contributed by atoms with Gasteiger partial charge in [-0.1, -0.05) is 23.7 Å². The smallest absolute Gasteiger partial charge is 0.131 e. The fourth-order valence-electron chi connectivity index (χ4n) is 1.99. The number of halogens is 1. The van der Waals surface area contributed by atoms with E-state index < -0.39 is 0 Å². The summed E-state index contributed by atoms with van der Waals surface area (Å²) in [7, 11) is 1.66. The van der Waals surface area contributed by atoms with Crippen LogP contribution in [0.4, 0.5) is 0 Å². The normalized spacial score (nSPS) is 10.8. The molecule has 2 heterocycles. The third-order valence-corrected chi connectivity index (χ3v) is 3.19. The molecule has 1 aromatic carbocycles. The van der Waals surface area contributed by atoms with E-state index in [0.29, 0.717) is 5.15 Å². The van der Waals surface area contributed by atoms with E-state index in [9.17, 15) is 0 Å². The zero-order valence-corrected chi connectivity index (χ0v) is 11.1. The fraction of sp³-hybridized carbons (Fsp3) is 0.143. The van der Waals surface area contributed by atoms with Gasteiger partial charge in [0.2, 0.25) is 0 Å². The Morgan fingerprint density at radius 3 is 2.74 bits per heavy atom. The number of hydrogen-bond acceptors (Lipinski definition) is 3. The van der Waals surface area contributed by atoms with Gasteiger partial charge in [-0.2, -0.15) is 0 Å². The van der Waals surface area contributed by atoms with Crippen LogP contribution in [0.2, 0.25) is 5.15 Å². The van der Waals surface area contributed by atoms with Crippen molar-refractivity contribution in [3.63, 3.8) is 0 Å². The molecule has 3 rings (SSSR count). The van der Waals surface area contributed by atoms with E-state index in [2.05, 4.69) is 9.97 Å². The number of nitrogens with zero attached hydrogens (tertiary/aromatic N) is 3. The molecular weight excluding hydrogens is 262 g/mol. The Hall–Kier alpha value is -2.07. The number of fused-ring (bicyclic) bond motifs is 1. The number of imidazole rings is 1. The molecule has 3 aromatic rings. The van der Waals surface area contributed by atoms with Crippen molar-refractivity contribution in [2.75, 3.05) is 7.11 Å². The molecule has 0 spiro atoms. The largest absolute Gasteiger partial charge is 0.497 e. The standard InChI is InChI=1S/C14H12ClN3O/c1-19-11-4-2-10(3-5-11)8-18-9-17-12-6-14(15)16-7-13(12)18/h2-7,9H,8H2,1H3. The van der Waals surface area contributed by atoms with Gasteiger partial charge in [-0.05, 0) is 17.7 Å². The first kappa shape index (κ1) is 12.0. The van der Waals surface area contributed by atoms with E-state index in [-0.39, 0.29) is 0 Å². The molecule has 0 unspecified atom stereocenters. The van der Waals surface area contributed by atoms with Gasteiger partial charge in [-0.15, -0.1) is 0 Å². The summed E-state index contributed by atoms with van der Waals surface area (Å²) < 4.78 is 7.19. The van der Waals surface area contributed by atoms with Crippen LogP contribution in [-0.4, -0.2) is 21.6 Å². The van der Waals surface area contributed by atoms with Gasteiger partial charge in [0.05, 0.1) is 30.7 Å². The van der Waals surface area contributed by atoms with Gasteiger partial charge < -0.3 is 9.30 Å². The number of benzene rings is 1. The van der Waals surface area contributed by atoms with Crippen LogP contribution in [-0.2, 0) is 6.54 Å². The van der Waals surface area contributed by atoms with Crippen molar-refractivity contribution >= 4 is 22.6 Å². The maximum atomic E-state index is 5.85. The predicted molar refractivity (Wildman–Crippen MR) is 74.6 cm³/mol. The lowest BCUT2D eigenvalue weighted by Gasteiger charge is -2.05. The third-order valence-electron chi connectivity index (χ3n) is 2.99. The number of ether oxygens (including phenoxy) is 1. The topological polar surface area (TPSA) is 39.9 Å². The molecule has 5 heteroatoms. The Kier molecular flexibility index (Phi) is 3.09. The van der Waals surface area contributed by atoms with Crippen LogP contribution in [0, 0.1) is 0 Å². The van der Waals surface area contributed by atoms with E-state index in [1.807, 2.05) is 28.8 Å². The van der Waals surface area contributed by atoms with Crippen molar-refractivity contribution in [2.24, 2.45) is 0 Å². The Morgan fingerprint density at radius 1 is 1.21 bits per heavy atom. The second-order valence-corrected chi connectivity index (χ2v) is 4.60. The van der Waals surface area contributed by atoms with Crippen LogP contribution in [0.15, 0.2) is 42.9 Å². The van der Waals surface area contributed by atoms with Crippen molar-refractivity contribution in [3.8, 4) is 5.75 Å². The molecule has 0 aliphatic rings. The molecule has 0 atom stereocenters. The molecular formula is C14H12ClN3O. The Balaban J connectivity index is 1.92. The number of aromatic nitrogens is 3. The number of pyridine rings is 1. The number of methoxy groups -OCH3 is 1.